The standard InChI is InChI=1S/C22H30N4O3S/c1-24(2)30(28,29)26(21-12-4-3-5-13-21)18-22(27)23-16-19-10-6-7-11-20(19)17-25-14-8-9-15-25/h3-7,10-13H,8-9,14-18H2,1-2H3,(H,23,27). The summed E-state index contributed by atoms with van der Waals surface area (Å²) in [6.45, 7) is 3.17. The lowest BCUT2D eigenvalue weighted by atomic mass is 10.1. The molecule has 0 saturated carbocycles. The Labute approximate surface area is 179 Å². The third kappa shape index (κ3) is 5.59. The maximum absolute atomic E-state index is 12.8. The Morgan fingerprint density at radius 1 is 0.967 bits per heavy atom. The largest absolute Gasteiger partial charge is 0.350 e. The molecule has 1 aliphatic rings. The summed E-state index contributed by atoms with van der Waals surface area (Å²) in [5, 5.41) is 2.89. The number of carbonyl (C=O) groups is 1. The van der Waals surface area contributed by atoms with Gasteiger partial charge in [0.05, 0.1) is 5.69 Å². The molecule has 1 amide bonds. The zero-order valence-corrected chi connectivity index (χ0v) is 18.4. The van der Waals surface area contributed by atoms with Gasteiger partial charge in [-0.05, 0) is 49.2 Å². The number of amides is 1. The van der Waals surface area contributed by atoms with Gasteiger partial charge in [0, 0.05) is 27.2 Å². The van der Waals surface area contributed by atoms with Gasteiger partial charge in [0.15, 0.2) is 0 Å². The molecule has 1 fully saturated rings. The highest BCUT2D eigenvalue weighted by Gasteiger charge is 2.27. The molecule has 7 nitrogen and oxygen atoms in total. The van der Waals surface area contributed by atoms with Gasteiger partial charge in [-0.25, -0.2) is 4.31 Å². The first-order valence-electron chi connectivity index (χ1n) is 10.2. The van der Waals surface area contributed by atoms with Gasteiger partial charge in [-0.3, -0.25) is 9.69 Å². The number of hydrogen-bond acceptors (Lipinski definition) is 4. The van der Waals surface area contributed by atoms with Crippen molar-refractivity contribution >= 4 is 21.8 Å². The van der Waals surface area contributed by atoms with E-state index >= 15 is 0 Å². The average molecular weight is 431 g/mol. The molecule has 1 aliphatic heterocycles. The minimum atomic E-state index is -3.79. The van der Waals surface area contributed by atoms with E-state index in [4.69, 9.17) is 0 Å². The normalized spacial score (nSPS) is 14.8. The number of benzene rings is 2. The van der Waals surface area contributed by atoms with Crippen molar-refractivity contribution in [3.63, 3.8) is 0 Å². The number of para-hydroxylation sites is 1. The van der Waals surface area contributed by atoms with Crippen LogP contribution in [0.25, 0.3) is 0 Å². The van der Waals surface area contributed by atoms with Crippen LogP contribution in [-0.2, 0) is 28.1 Å². The molecule has 2 aromatic rings. The molecule has 1 saturated heterocycles. The van der Waals surface area contributed by atoms with Crippen LogP contribution in [0.2, 0.25) is 0 Å². The fourth-order valence-electron chi connectivity index (χ4n) is 3.54. The first kappa shape index (κ1) is 22.3. The first-order valence-corrected chi connectivity index (χ1v) is 11.6. The smallest absolute Gasteiger partial charge is 0.304 e. The molecule has 162 valence electrons. The number of nitrogens with zero attached hydrogens (tertiary/aromatic N) is 3. The summed E-state index contributed by atoms with van der Waals surface area (Å²) in [5.74, 6) is -0.347. The molecule has 1 N–H and O–H groups in total. The van der Waals surface area contributed by atoms with Crippen molar-refractivity contribution in [2.45, 2.75) is 25.9 Å². The number of carbonyl (C=O) groups excluding carboxylic acids is 1. The Morgan fingerprint density at radius 2 is 1.57 bits per heavy atom. The molecular formula is C22H30N4O3S. The van der Waals surface area contributed by atoms with E-state index in [0.717, 1.165) is 33.8 Å². The molecule has 0 aliphatic carbocycles. The lowest BCUT2D eigenvalue weighted by Gasteiger charge is -2.27. The number of nitrogens with one attached hydrogen (secondary N) is 1. The van der Waals surface area contributed by atoms with Crippen LogP contribution in [0, 0.1) is 0 Å². The predicted octanol–water partition coefficient (Wildman–Crippen LogP) is 2.21. The molecule has 8 heteroatoms. The Balaban J connectivity index is 1.68. The molecule has 0 atom stereocenters. The minimum Gasteiger partial charge on any atom is -0.350 e. The maximum Gasteiger partial charge on any atom is 0.304 e. The van der Waals surface area contributed by atoms with Crippen molar-refractivity contribution in [1.29, 1.82) is 0 Å². The monoisotopic (exact) mass is 430 g/mol. The zero-order valence-electron chi connectivity index (χ0n) is 17.6. The van der Waals surface area contributed by atoms with Gasteiger partial charge in [-0.1, -0.05) is 42.5 Å². The van der Waals surface area contributed by atoms with Crippen molar-refractivity contribution in [1.82, 2.24) is 14.5 Å². The quantitative estimate of drug-likeness (QED) is 0.662. The van der Waals surface area contributed by atoms with E-state index in [1.807, 2.05) is 18.2 Å². The SMILES string of the molecule is CN(C)S(=O)(=O)N(CC(=O)NCc1ccccc1CN1CCCC1)c1ccccc1. The topological polar surface area (TPSA) is 73.0 Å². The fourth-order valence-corrected chi connectivity index (χ4v) is 4.61. The Morgan fingerprint density at radius 3 is 2.20 bits per heavy atom. The third-order valence-electron chi connectivity index (χ3n) is 5.26. The van der Waals surface area contributed by atoms with Crippen LogP contribution >= 0.6 is 0 Å². The molecule has 30 heavy (non-hydrogen) atoms. The highest BCUT2D eigenvalue weighted by atomic mass is 32.2. The van der Waals surface area contributed by atoms with Crippen LogP contribution in [0.5, 0.6) is 0 Å². The van der Waals surface area contributed by atoms with Gasteiger partial charge in [0.25, 0.3) is 0 Å². The molecule has 0 radical (unpaired) electrons. The van der Waals surface area contributed by atoms with Crippen molar-refractivity contribution in [2.75, 3.05) is 38.0 Å². The second kappa shape index (κ2) is 10.1. The van der Waals surface area contributed by atoms with Gasteiger partial charge in [0.2, 0.25) is 5.91 Å². The second-order valence-electron chi connectivity index (χ2n) is 7.66. The zero-order chi connectivity index (χ0) is 21.6. The second-order valence-corrected chi connectivity index (χ2v) is 9.73. The fraction of sp³-hybridized carbons (Fsp3) is 0.409. The van der Waals surface area contributed by atoms with Gasteiger partial charge in [0.1, 0.15) is 6.54 Å². The van der Waals surface area contributed by atoms with E-state index < -0.39 is 10.2 Å². The van der Waals surface area contributed by atoms with Crippen LogP contribution in [0.4, 0.5) is 5.69 Å². The van der Waals surface area contributed by atoms with Crippen molar-refractivity contribution in [2.24, 2.45) is 0 Å². The minimum absolute atomic E-state index is 0.279. The van der Waals surface area contributed by atoms with E-state index in [1.54, 1.807) is 30.3 Å². The molecule has 0 bridgehead atoms. The van der Waals surface area contributed by atoms with Gasteiger partial charge in [-0.15, -0.1) is 0 Å². The summed E-state index contributed by atoms with van der Waals surface area (Å²) in [4.78, 5) is 15.1. The maximum atomic E-state index is 12.8. The molecule has 0 unspecified atom stereocenters. The lowest BCUT2D eigenvalue weighted by molar-refractivity contribution is -0.119. The van der Waals surface area contributed by atoms with Crippen molar-refractivity contribution in [3.8, 4) is 0 Å². The number of rotatable bonds is 9. The predicted molar refractivity (Wildman–Crippen MR) is 119 cm³/mol. The number of anilines is 1. The number of hydrogen-bond donors (Lipinski definition) is 1. The van der Waals surface area contributed by atoms with Crippen LogP contribution in [-0.4, -0.2) is 57.3 Å². The van der Waals surface area contributed by atoms with Crippen molar-refractivity contribution in [3.05, 3.63) is 65.7 Å². The van der Waals surface area contributed by atoms with E-state index in [9.17, 15) is 13.2 Å². The summed E-state index contributed by atoms with van der Waals surface area (Å²) in [6.07, 6.45) is 2.46. The summed E-state index contributed by atoms with van der Waals surface area (Å²) in [7, 11) is -0.883. The Kier molecular flexibility index (Phi) is 7.47. The summed E-state index contributed by atoms with van der Waals surface area (Å²) in [5.41, 5.74) is 2.70. The summed E-state index contributed by atoms with van der Waals surface area (Å²) >= 11 is 0. The van der Waals surface area contributed by atoms with Crippen LogP contribution in [0.1, 0.15) is 24.0 Å². The third-order valence-corrected chi connectivity index (χ3v) is 7.08. The van der Waals surface area contributed by atoms with Gasteiger partial charge in [-0.2, -0.15) is 12.7 Å². The van der Waals surface area contributed by atoms with Crippen LogP contribution < -0.4 is 9.62 Å². The molecular weight excluding hydrogens is 400 g/mol. The van der Waals surface area contributed by atoms with Crippen molar-refractivity contribution < 1.29 is 13.2 Å². The van der Waals surface area contributed by atoms with E-state index in [2.05, 4.69) is 16.3 Å². The van der Waals surface area contributed by atoms with Crippen LogP contribution in [0.3, 0.4) is 0 Å². The average Bonchev–Trinajstić information content (AvgIpc) is 3.25. The highest BCUT2D eigenvalue weighted by molar-refractivity contribution is 7.90. The molecule has 2 aromatic carbocycles. The van der Waals surface area contributed by atoms with Gasteiger partial charge < -0.3 is 5.32 Å². The molecule has 0 spiro atoms. The van der Waals surface area contributed by atoms with E-state index in [-0.39, 0.29) is 12.5 Å². The van der Waals surface area contributed by atoms with Gasteiger partial charge >= 0.3 is 10.2 Å². The summed E-state index contributed by atoms with van der Waals surface area (Å²) < 4.78 is 27.7. The Hall–Kier alpha value is -2.42. The highest BCUT2D eigenvalue weighted by Crippen LogP contribution is 2.19. The van der Waals surface area contributed by atoms with Crippen LogP contribution in [0.15, 0.2) is 54.6 Å². The van der Waals surface area contributed by atoms with E-state index in [1.165, 1.54) is 32.5 Å². The summed E-state index contributed by atoms with van der Waals surface area (Å²) in [6, 6.07) is 16.7. The molecule has 0 aromatic heterocycles. The number of likely N-dealkylation sites (tertiary alicyclic amines) is 1. The lowest BCUT2D eigenvalue weighted by Crippen LogP contribution is -2.45. The molecule has 3 rings (SSSR count). The first-order chi connectivity index (χ1) is 14.4. The molecule has 1 heterocycles. The van der Waals surface area contributed by atoms with E-state index in [0.29, 0.717) is 12.2 Å². The Bertz CT molecular complexity index is 942.